The Labute approximate surface area is 226 Å². The first-order valence-corrected chi connectivity index (χ1v) is 13.5. The zero-order valence-electron chi connectivity index (χ0n) is 20.8. The molecule has 194 valence electrons. The molecule has 0 bridgehead atoms. The number of carbonyl (C=O) groups excluding carboxylic acids is 2. The summed E-state index contributed by atoms with van der Waals surface area (Å²) in [7, 11) is -2.87. The highest BCUT2D eigenvalue weighted by Crippen LogP contribution is 2.30. The standard InChI is InChI=1S/C28H25ClN4O4S/c1-19(34)11-16-26(35)33(2)38(36,37)24-14-12-23(13-15-24)31-28-30-18-25(29)27(32-28)22-10-6-9-21(17-22)20-7-4-3-5-8-20/h3-10,12-15,17-18H,11,16H2,1-2H3,(H,30,31,32). The van der Waals surface area contributed by atoms with Crippen LogP contribution in [0.4, 0.5) is 11.6 Å². The van der Waals surface area contributed by atoms with Crippen LogP contribution in [0.1, 0.15) is 19.8 Å². The first-order valence-electron chi connectivity index (χ1n) is 11.7. The van der Waals surface area contributed by atoms with Crippen molar-refractivity contribution in [2.24, 2.45) is 0 Å². The number of rotatable bonds is 9. The van der Waals surface area contributed by atoms with Gasteiger partial charge in [-0.15, -0.1) is 0 Å². The molecular formula is C28H25ClN4O4S. The van der Waals surface area contributed by atoms with Crippen molar-refractivity contribution in [1.29, 1.82) is 0 Å². The van der Waals surface area contributed by atoms with E-state index < -0.39 is 15.9 Å². The molecule has 4 rings (SSSR count). The fourth-order valence-corrected chi connectivity index (χ4v) is 5.03. The van der Waals surface area contributed by atoms with Gasteiger partial charge in [0.25, 0.3) is 10.0 Å². The van der Waals surface area contributed by atoms with Crippen LogP contribution in [0.2, 0.25) is 5.02 Å². The molecule has 1 N–H and O–H groups in total. The van der Waals surface area contributed by atoms with Gasteiger partial charge < -0.3 is 10.1 Å². The number of nitrogens with one attached hydrogen (secondary N) is 1. The van der Waals surface area contributed by atoms with Gasteiger partial charge in [0.05, 0.1) is 21.8 Å². The molecule has 0 spiro atoms. The number of amides is 1. The maximum Gasteiger partial charge on any atom is 0.266 e. The minimum Gasteiger partial charge on any atom is -0.324 e. The van der Waals surface area contributed by atoms with E-state index in [0.717, 1.165) is 16.7 Å². The Morgan fingerprint density at radius 1 is 0.895 bits per heavy atom. The third kappa shape index (κ3) is 6.24. The normalized spacial score (nSPS) is 11.1. The van der Waals surface area contributed by atoms with Crippen molar-refractivity contribution in [3.8, 4) is 22.4 Å². The quantitative estimate of drug-likeness (QED) is 0.285. The Bertz CT molecular complexity index is 1580. The Morgan fingerprint density at radius 3 is 2.24 bits per heavy atom. The van der Waals surface area contributed by atoms with E-state index in [1.54, 1.807) is 12.1 Å². The Morgan fingerprint density at radius 2 is 1.55 bits per heavy atom. The monoisotopic (exact) mass is 548 g/mol. The summed E-state index contributed by atoms with van der Waals surface area (Å²) in [6.45, 7) is 1.35. The number of benzene rings is 3. The van der Waals surface area contributed by atoms with Crippen LogP contribution in [-0.4, -0.2) is 41.4 Å². The maximum atomic E-state index is 12.8. The molecule has 1 aromatic heterocycles. The van der Waals surface area contributed by atoms with Crippen molar-refractivity contribution < 1.29 is 18.0 Å². The molecule has 0 aliphatic heterocycles. The van der Waals surface area contributed by atoms with E-state index in [1.165, 1.54) is 32.3 Å². The maximum absolute atomic E-state index is 12.8. The van der Waals surface area contributed by atoms with Gasteiger partial charge in [0.1, 0.15) is 5.78 Å². The van der Waals surface area contributed by atoms with Crippen molar-refractivity contribution in [2.75, 3.05) is 12.4 Å². The van der Waals surface area contributed by atoms with Gasteiger partial charge in [0.15, 0.2) is 0 Å². The van der Waals surface area contributed by atoms with Gasteiger partial charge in [-0.1, -0.05) is 60.1 Å². The second-order valence-electron chi connectivity index (χ2n) is 8.55. The van der Waals surface area contributed by atoms with Gasteiger partial charge in [-0.3, -0.25) is 4.79 Å². The van der Waals surface area contributed by atoms with E-state index in [0.29, 0.717) is 20.7 Å². The van der Waals surface area contributed by atoms with Crippen LogP contribution >= 0.6 is 11.6 Å². The fraction of sp³-hybridized carbons (Fsp3) is 0.143. The van der Waals surface area contributed by atoms with Crippen molar-refractivity contribution in [1.82, 2.24) is 14.3 Å². The molecule has 0 fully saturated rings. The van der Waals surface area contributed by atoms with E-state index in [2.05, 4.69) is 15.3 Å². The van der Waals surface area contributed by atoms with Crippen molar-refractivity contribution in [3.63, 3.8) is 0 Å². The van der Waals surface area contributed by atoms with Gasteiger partial charge in [0.2, 0.25) is 11.9 Å². The molecule has 0 atom stereocenters. The molecule has 38 heavy (non-hydrogen) atoms. The smallest absolute Gasteiger partial charge is 0.266 e. The highest BCUT2D eigenvalue weighted by Gasteiger charge is 2.25. The van der Waals surface area contributed by atoms with Crippen molar-refractivity contribution in [2.45, 2.75) is 24.7 Å². The highest BCUT2D eigenvalue weighted by atomic mass is 35.5. The number of sulfonamides is 1. The predicted octanol–water partition coefficient (Wildman–Crippen LogP) is 5.72. The SMILES string of the molecule is CC(=O)CCC(=O)N(C)S(=O)(=O)c1ccc(Nc2ncc(Cl)c(-c3cccc(-c4ccccc4)c3)n2)cc1. The average molecular weight is 549 g/mol. The summed E-state index contributed by atoms with van der Waals surface area (Å²) in [4.78, 5) is 32.1. The molecule has 0 radical (unpaired) electrons. The lowest BCUT2D eigenvalue weighted by Gasteiger charge is -2.17. The lowest BCUT2D eigenvalue weighted by Crippen LogP contribution is -2.33. The molecule has 0 saturated carbocycles. The Balaban J connectivity index is 1.53. The molecule has 4 aromatic rings. The summed E-state index contributed by atoms with van der Waals surface area (Å²) in [5.41, 5.74) is 4.00. The van der Waals surface area contributed by atoms with Crippen molar-refractivity contribution in [3.05, 3.63) is 90.1 Å². The summed E-state index contributed by atoms with van der Waals surface area (Å²) in [6.07, 6.45) is 1.32. The van der Waals surface area contributed by atoms with Crippen LogP contribution in [0.15, 0.2) is 90.0 Å². The zero-order chi connectivity index (χ0) is 27.3. The van der Waals surface area contributed by atoms with Crippen molar-refractivity contribution >= 4 is 45.0 Å². The minimum absolute atomic E-state index is 0.0127. The summed E-state index contributed by atoms with van der Waals surface area (Å²) < 4.78 is 26.3. The lowest BCUT2D eigenvalue weighted by molar-refractivity contribution is -0.128. The number of anilines is 2. The van der Waals surface area contributed by atoms with E-state index in [4.69, 9.17) is 11.6 Å². The summed E-state index contributed by atoms with van der Waals surface area (Å²) in [5, 5.41) is 3.45. The third-order valence-electron chi connectivity index (χ3n) is 5.80. The van der Waals surface area contributed by atoms with E-state index in [-0.39, 0.29) is 29.5 Å². The summed E-state index contributed by atoms with van der Waals surface area (Å²) in [6, 6.07) is 23.7. The third-order valence-corrected chi connectivity index (χ3v) is 7.87. The van der Waals surface area contributed by atoms with Crippen LogP contribution < -0.4 is 5.32 Å². The zero-order valence-corrected chi connectivity index (χ0v) is 22.3. The van der Waals surface area contributed by atoms with Crippen LogP contribution in [-0.2, 0) is 19.6 Å². The second-order valence-corrected chi connectivity index (χ2v) is 10.9. The number of hydrogen-bond donors (Lipinski definition) is 1. The number of nitrogens with zero attached hydrogens (tertiary/aromatic N) is 3. The minimum atomic E-state index is -4.06. The van der Waals surface area contributed by atoms with Crippen LogP contribution in [0.3, 0.4) is 0 Å². The molecule has 10 heteroatoms. The first kappa shape index (κ1) is 27.0. The topological polar surface area (TPSA) is 109 Å². The molecule has 0 aliphatic carbocycles. The van der Waals surface area contributed by atoms with E-state index >= 15 is 0 Å². The second kappa shape index (κ2) is 11.5. The number of hydrogen-bond acceptors (Lipinski definition) is 7. The van der Waals surface area contributed by atoms with Gasteiger partial charge in [-0.2, -0.15) is 0 Å². The number of aromatic nitrogens is 2. The highest BCUT2D eigenvalue weighted by molar-refractivity contribution is 7.89. The number of ketones is 1. The van der Waals surface area contributed by atoms with E-state index in [1.807, 2.05) is 54.6 Å². The Kier molecular flexibility index (Phi) is 8.19. The summed E-state index contributed by atoms with van der Waals surface area (Å²) >= 11 is 6.43. The molecule has 0 aliphatic rings. The number of carbonyl (C=O) groups is 2. The largest absolute Gasteiger partial charge is 0.324 e. The van der Waals surface area contributed by atoms with E-state index in [9.17, 15) is 18.0 Å². The molecule has 1 amide bonds. The predicted molar refractivity (Wildman–Crippen MR) is 148 cm³/mol. The van der Waals surface area contributed by atoms with Gasteiger partial charge in [-0.25, -0.2) is 22.7 Å². The molecule has 8 nitrogen and oxygen atoms in total. The number of Topliss-reactive ketones (excluding diaryl/α,β-unsaturated/α-hetero) is 1. The van der Waals surface area contributed by atoms with Gasteiger partial charge in [-0.05, 0) is 48.4 Å². The fourth-order valence-electron chi connectivity index (χ4n) is 3.68. The molecule has 0 saturated heterocycles. The molecule has 3 aromatic carbocycles. The van der Waals surface area contributed by atoms with Crippen LogP contribution in [0.5, 0.6) is 0 Å². The van der Waals surface area contributed by atoms with Crippen LogP contribution in [0, 0.1) is 0 Å². The average Bonchev–Trinajstić information content (AvgIpc) is 2.93. The number of halogens is 1. The Hall–Kier alpha value is -4.08. The first-order chi connectivity index (χ1) is 18.1. The van der Waals surface area contributed by atoms with Gasteiger partial charge in [0, 0.05) is 31.1 Å². The van der Waals surface area contributed by atoms with Gasteiger partial charge >= 0.3 is 0 Å². The molecule has 1 heterocycles. The lowest BCUT2D eigenvalue weighted by atomic mass is 10.0. The molecular weight excluding hydrogens is 524 g/mol. The summed E-state index contributed by atoms with van der Waals surface area (Å²) in [5.74, 6) is -0.557. The van der Waals surface area contributed by atoms with Crippen LogP contribution in [0.25, 0.3) is 22.4 Å². The molecule has 0 unspecified atom stereocenters.